The molecule has 0 amide bonds. The van der Waals surface area contributed by atoms with E-state index in [1.54, 1.807) is 11.3 Å². The molecule has 0 unspecified atom stereocenters. The van der Waals surface area contributed by atoms with Gasteiger partial charge in [-0.1, -0.05) is 6.42 Å². The normalized spacial score (nSPS) is 17.3. The molecule has 1 aromatic heterocycles. The van der Waals surface area contributed by atoms with Crippen LogP contribution in [0.15, 0.2) is 4.99 Å². The Labute approximate surface area is 144 Å². The van der Waals surface area contributed by atoms with Crippen molar-refractivity contribution >= 4 is 17.3 Å². The molecular weight excluding hydrogens is 306 g/mol. The summed E-state index contributed by atoms with van der Waals surface area (Å²) < 4.78 is 0. The molecule has 1 aliphatic rings. The lowest BCUT2D eigenvalue weighted by molar-refractivity contribution is 0.0982. The first-order chi connectivity index (χ1) is 10.9. The molecule has 0 aliphatic carbocycles. The summed E-state index contributed by atoms with van der Waals surface area (Å²) in [6.45, 7) is 12.8. The fraction of sp³-hybridized carbons (Fsp3) is 0.765. The van der Waals surface area contributed by atoms with Crippen molar-refractivity contribution in [2.75, 3.05) is 26.7 Å². The molecule has 0 radical (unpaired) electrons. The summed E-state index contributed by atoms with van der Waals surface area (Å²) in [5.41, 5.74) is 1.27. The van der Waals surface area contributed by atoms with Crippen molar-refractivity contribution in [3.63, 3.8) is 0 Å². The van der Waals surface area contributed by atoms with Crippen LogP contribution < -0.4 is 10.6 Å². The van der Waals surface area contributed by atoms with Gasteiger partial charge >= 0.3 is 0 Å². The molecule has 130 valence electrons. The van der Waals surface area contributed by atoms with Crippen molar-refractivity contribution in [1.29, 1.82) is 0 Å². The summed E-state index contributed by atoms with van der Waals surface area (Å²) in [4.78, 5) is 12.8. The van der Waals surface area contributed by atoms with Crippen LogP contribution in [-0.2, 0) is 6.54 Å². The number of hydrogen-bond acceptors (Lipinski definition) is 4. The van der Waals surface area contributed by atoms with Gasteiger partial charge in [-0.05, 0) is 53.6 Å². The van der Waals surface area contributed by atoms with Gasteiger partial charge in [-0.3, -0.25) is 9.89 Å². The standard InChI is InChI=1S/C17H31N5S/c1-13-14(2)23-15(21-13)11-19-16(18-5)20-12-17(3,4)22-9-7-6-8-10-22/h6-12H2,1-5H3,(H2,18,19,20). The zero-order chi connectivity index (χ0) is 16.9. The molecule has 1 aliphatic heterocycles. The van der Waals surface area contributed by atoms with Crippen LogP contribution in [0.25, 0.3) is 0 Å². The predicted molar refractivity (Wildman–Crippen MR) is 99.3 cm³/mol. The van der Waals surface area contributed by atoms with Crippen LogP contribution in [0.5, 0.6) is 0 Å². The van der Waals surface area contributed by atoms with Gasteiger partial charge in [0.1, 0.15) is 5.01 Å². The molecular formula is C17H31N5S. The van der Waals surface area contributed by atoms with Crippen molar-refractivity contribution in [3.05, 3.63) is 15.6 Å². The molecule has 0 spiro atoms. The van der Waals surface area contributed by atoms with E-state index >= 15 is 0 Å². The summed E-state index contributed by atoms with van der Waals surface area (Å²) in [5.74, 6) is 0.848. The van der Waals surface area contributed by atoms with Crippen molar-refractivity contribution in [2.24, 2.45) is 4.99 Å². The van der Waals surface area contributed by atoms with Gasteiger partial charge in [0.25, 0.3) is 0 Å². The Morgan fingerprint density at radius 2 is 1.91 bits per heavy atom. The van der Waals surface area contributed by atoms with Crippen molar-refractivity contribution in [1.82, 2.24) is 20.5 Å². The Bertz CT molecular complexity index is 510. The fourth-order valence-corrected chi connectivity index (χ4v) is 3.78. The summed E-state index contributed by atoms with van der Waals surface area (Å²) in [5, 5.41) is 7.95. The quantitative estimate of drug-likeness (QED) is 0.641. The first kappa shape index (κ1) is 18.2. The maximum atomic E-state index is 4.56. The van der Waals surface area contributed by atoms with E-state index in [4.69, 9.17) is 0 Å². The molecule has 0 bridgehead atoms. The molecule has 1 fully saturated rings. The third kappa shape index (κ3) is 5.18. The van der Waals surface area contributed by atoms with E-state index in [2.05, 4.69) is 53.2 Å². The van der Waals surface area contributed by atoms with Gasteiger partial charge in [0.15, 0.2) is 5.96 Å². The Kier molecular flexibility index (Phi) is 6.41. The van der Waals surface area contributed by atoms with Gasteiger partial charge in [0.2, 0.25) is 0 Å². The minimum Gasteiger partial charge on any atom is -0.355 e. The summed E-state index contributed by atoms with van der Waals surface area (Å²) in [6, 6.07) is 0. The van der Waals surface area contributed by atoms with Crippen LogP contribution in [0.3, 0.4) is 0 Å². The fourth-order valence-electron chi connectivity index (χ4n) is 2.91. The lowest BCUT2D eigenvalue weighted by Gasteiger charge is -2.41. The van der Waals surface area contributed by atoms with Crippen LogP contribution in [0.1, 0.15) is 48.7 Å². The predicted octanol–water partition coefficient (Wildman–Crippen LogP) is 2.69. The van der Waals surface area contributed by atoms with Gasteiger partial charge in [0.05, 0.1) is 12.2 Å². The second-order valence-electron chi connectivity index (χ2n) is 6.89. The van der Waals surface area contributed by atoms with Crippen LogP contribution in [0.2, 0.25) is 0 Å². The van der Waals surface area contributed by atoms with E-state index < -0.39 is 0 Å². The van der Waals surface area contributed by atoms with Crippen LogP contribution in [0.4, 0.5) is 0 Å². The van der Waals surface area contributed by atoms with E-state index in [-0.39, 0.29) is 5.54 Å². The highest BCUT2D eigenvalue weighted by molar-refractivity contribution is 7.11. The van der Waals surface area contributed by atoms with E-state index in [1.807, 2.05) is 7.05 Å². The second kappa shape index (κ2) is 8.11. The molecule has 2 N–H and O–H groups in total. The first-order valence-corrected chi connectivity index (χ1v) is 9.36. The second-order valence-corrected chi connectivity index (χ2v) is 8.18. The maximum absolute atomic E-state index is 4.56. The molecule has 0 atom stereocenters. The van der Waals surface area contributed by atoms with Gasteiger partial charge in [-0.15, -0.1) is 11.3 Å². The smallest absolute Gasteiger partial charge is 0.191 e. The van der Waals surface area contributed by atoms with Crippen molar-refractivity contribution < 1.29 is 0 Å². The average Bonchev–Trinajstić information content (AvgIpc) is 2.87. The summed E-state index contributed by atoms with van der Waals surface area (Å²) in [7, 11) is 1.82. The molecule has 5 nitrogen and oxygen atoms in total. The maximum Gasteiger partial charge on any atom is 0.191 e. The largest absolute Gasteiger partial charge is 0.355 e. The third-order valence-electron chi connectivity index (χ3n) is 4.60. The summed E-state index contributed by atoms with van der Waals surface area (Å²) >= 11 is 1.75. The molecule has 0 aromatic carbocycles. The molecule has 1 saturated heterocycles. The SMILES string of the molecule is CN=C(NCc1nc(C)c(C)s1)NCC(C)(C)N1CCCCC1. The number of nitrogens with one attached hydrogen (secondary N) is 2. The molecule has 23 heavy (non-hydrogen) atoms. The number of hydrogen-bond donors (Lipinski definition) is 2. The number of piperidine rings is 1. The molecule has 2 rings (SSSR count). The first-order valence-electron chi connectivity index (χ1n) is 8.55. The minimum atomic E-state index is 0.145. The molecule has 0 saturated carbocycles. The number of likely N-dealkylation sites (tertiary alicyclic amines) is 1. The zero-order valence-corrected chi connectivity index (χ0v) is 16.0. The topological polar surface area (TPSA) is 52.6 Å². The highest BCUT2D eigenvalue weighted by Gasteiger charge is 2.27. The Balaban J connectivity index is 1.82. The van der Waals surface area contributed by atoms with E-state index in [9.17, 15) is 0 Å². The monoisotopic (exact) mass is 337 g/mol. The van der Waals surface area contributed by atoms with Gasteiger partial charge < -0.3 is 10.6 Å². The van der Waals surface area contributed by atoms with Crippen LogP contribution in [-0.4, -0.2) is 48.1 Å². The van der Waals surface area contributed by atoms with Crippen LogP contribution in [0, 0.1) is 13.8 Å². The molecule has 1 aromatic rings. The molecule has 6 heteroatoms. The molecule has 2 heterocycles. The highest BCUT2D eigenvalue weighted by atomic mass is 32.1. The number of aromatic nitrogens is 1. The number of aliphatic imine (C=N–C) groups is 1. The van der Waals surface area contributed by atoms with Gasteiger partial charge in [-0.25, -0.2) is 4.98 Å². The van der Waals surface area contributed by atoms with Gasteiger partial charge in [-0.2, -0.15) is 0 Å². The zero-order valence-electron chi connectivity index (χ0n) is 15.2. The number of nitrogens with zero attached hydrogens (tertiary/aromatic N) is 3. The average molecular weight is 338 g/mol. The van der Waals surface area contributed by atoms with E-state index in [0.717, 1.165) is 29.8 Å². The number of guanidine groups is 1. The minimum absolute atomic E-state index is 0.145. The van der Waals surface area contributed by atoms with Crippen molar-refractivity contribution in [3.8, 4) is 0 Å². The lowest BCUT2D eigenvalue weighted by atomic mass is 9.98. The Morgan fingerprint density at radius 3 is 2.48 bits per heavy atom. The number of rotatable bonds is 5. The summed E-state index contributed by atoms with van der Waals surface area (Å²) in [6.07, 6.45) is 4.01. The number of thiazole rings is 1. The Morgan fingerprint density at radius 1 is 1.22 bits per heavy atom. The van der Waals surface area contributed by atoms with E-state index in [1.165, 1.54) is 37.2 Å². The van der Waals surface area contributed by atoms with E-state index in [0.29, 0.717) is 0 Å². The van der Waals surface area contributed by atoms with Crippen molar-refractivity contribution in [2.45, 2.75) is 59.0 Å². The Hall–Kier alpha value is -1.14. The number of aryl methyl sites for hydroxylation is 2. The third-order valence-corrected chi connectivity index (χ3v) is 5.68. The lowest BCUT2D eigenvalue weighted by Crippen LogP contribution is -2.54. The van der Waals surface area contributed by atoms with Crippen LogP contribution >= 0.6 is 11.3 Å². The van der Waals surface area contributed by atoms with Gasteiger partial charge in [0, 0.05) is 24.0 Å². The highest BCUT2D eigenvalue weighted by Crippen LogP contribution is 2.20.